The van der Waals surface area contributed by atoms with Crippen LogP contribution in [0.15, 0.2) is 154 Å². The standard InChI is InChI=1S/C38H31IN2O/c39-37-33(23-29-19-21-40(25-27-11-3-1-4-12-27)35-17-9-7-15-31(29)35)38(42)34(37)24-30-20-22-41(26-28-13-5-2-6-14-28)36-18-10-8-16-32(30)36/h1-21,23-24,38,42H,22,25-26H2. The van der Waals surface area contributed by atoms with Crippen LogP contribution in [0.3, 0.4) is 0 Å². The summed E-state index contributed by atoms with van der Waals surface area (Å²) in [5, 5.41) is 11.3. The Morgan fingerprint density at radius 2 is 1.33 bits per heavy atom. The van der Waals surface area contributed by atoms with Crippen molar-refractivity contribution in [2.75, 3.05) is 16.3 Å². The van der Waals surface area contributed by atoms with Crippen molar-refractivity contribution in [3.05, 3.63) is 177 Å². The van der Waals surface area contributed by atoms with Crippen LogP contribution in [0.25, 0.3) is 11.1 Å². The number of halogens is 1. The van der Waals surface area contributed by atoms with Gasteiger partial charge in [-0.05, 0) is 86.4 Å². The zero-order chi connectivity index (χ0) is 28.5. The average molecular weight is 659 g/mol. The van der Waals surface area contributed by atoms with Gasteiger partial charge in [-0.25, -0.2) is 0 Å². The summed E-state index contributed by atoms with van der Waals surface area (Å²) < 4.78 is 1.12. The first-order chi connectivity index (χ1) is 20.7. The van der Waals surface area contributed by atoms with Crippen molar-refractivity contribution in [2.24, 2.45) is 0 Å². The zero-order valence-corrected chi connectivity index (χ0v) is 25.4. The highest BCUT2D eigenvalue weighted by Crippen LogP contribution is 2.45. The van der Waals surface area contributed by atoms with Gasteiger partial charge in [0.25, 0.3) is 0 Å². The van der Waals surface area contributed by atoms with Gasteiger partial charge < -0.3 is 14.9 Å². The molecular formula is C38H31IN2O. The highest BCUT2D eigenvalue weighted by atomic mass is 127. The Labute approximate surface area is 261 Å². The minimum atomic E-state index is -0.609. The summed E-state index contributed by atoms with van der Waals surface area (Å²) >= 11 is 2.40. The van der Waals surface area contributed by atoms with Gasteiger partial charge in [-0.2, -0.15) is 0 Å². The number of aliphatic hydroxyl groups is 1. The van der Waals surface area contributed by atoms with Crippen LogP contribution >= 0.6 is 22.6 Å². The van der Waals surface area contributed by atoms with Gasteiger partial charge in [0.2, 0.25) is 0 Å². The predicted octanol–water partition coefficient (Wildman–Crippen LogP) is 8.70. The van der Waals surface area contributed by atoms with Crippen LogP contribution in [-0.4, -0.2) is 17.8 Å². The van der Waals surface area contributed by atoms with Gasteiger partial charge in [0.05, 0.1) is 0 Å². The lowest BCUT2D eigenvalue weighted by Gasteiger charge is -2.33. The van der Waals surface area contributed by atoms with Gasteiger partial charge in [0.1, 0.15) is 6.10 Å². The van der Waals surface area contributed by atoms with Gasteiger partial charge in [0, 0.05) is 51.9 Å². The van der Waals surface area contributed by atoms with Crippen LogP contribution in [0, 0.1) is 0 Å². The number of rotatable bonds is 6. The Balaban J connectivity index is 1.15. The van der Waals surface area contributed by atoms with Gasteiger partial charge in [-0.3, -0.25) is 0 Å². The molecule has 4 aromatic rings. The van der Waals surface area contributed by atoms with E-state index < -0.39 is 6.10 Å². The van der Waals surface area contributed by atoms with Crippen LogP contribution in [-0.2, 0) is 13.1 Å². The fraction of sp³-hybridized carbons (Fsp3) is 0.105. The fourth-order valence-corrected chi connectivity index (χ4v) is 6.87. The van der Waals surface area contributed by atoms with Crippen LogP contribution in [0.1, 0.15) is 22.3 Å². The van der Waals surface area contributed by atoms with Crippen molar-refractivity contribution in [3.63, 3.8) is 0 Å². The zero-order valence-electron chi connectivity index (χ0n) is 23.2. The van der Waals surface area contributed by atoms with E-state index in [1.165, 1.54) is 39.2 Å². The van der Waals surface area contributed by atoms with E-state index in [4.69, 9.17) is 0 Å². The Bertz CT molecular complexity index is 1780. The van der Waals surface area contributed by atoms with Crippen molar-refractivity contribution in [1.82, 2.24) is 0 Å². The quantitative estimate of drug-likeness (QED) is 0.210. The van der Waals surface area contributed by atoms with E-state index in [1.807, 2.05) is 0 Å². The summed E-state index contributed by atoms with van der Waals surface area (Å²) in [5.41, 5.74) is 11.6. The van der Waals surface area contributed by atoms with Crippen molar-refractivity contribution < 1.29 is 5.11 Å². The second-order valence-corrected chi connectivity index (χ2v) is 11.9. The Morgan fingerprint density at radius 1 is 0.714 bits per heavy atom. The van der Waals surface area contributed by atoms with Gasteiger partial charge in [-0.15, -0.1) is 0 Å². The second kappa shape index (κ2) is 11.6. The summed E-state index contributed by atoms with van der Waals surface area (Å²) in [5.74, 6) is 0. The lowest BCUT2D eigenvalue weighted by atomic mass is 9.83. The Kier molecular flexibility index (Phi) is 7.41. The van der Waals surface area contributed by atoms with Crippen molar-refractivity contribution >= 4 is 45.1 Å². The first-order valence-corrected chi connectivity index (χ1v) is 15.4. The van der Waals surface area contributed by atoms with E-state index in [0.717, 1.165) is 39.9 Å². The van der Waals surface area contributed by atoms with Crippen molar-refractivity contribution in [1.29, 1.82) is 0 Å². The third-order valence-electron chi connectivity index (χ3n) is 8.18. The number of nitrogens with zero attached hydrogens (tertiary/aromatic N) is 2. The highest BCUT2D eigenvalue weighted by molar-refractivity contribution is 14.1. The van der Waals surface area contributed by atoms with Crippen LogP contribution in [0.2, 0.25) is 0 Å². The fourth-order valence-electron chi connectivity index (χ4n) is 5.97. The van der Waals surface area contributed by atoms with Crippen molar-refractivity contribution in [3.8, 4) is 0 Å². The van der Waals surface area contributed by atoms with E-state index in [1.54, 1.807) is 0 Å². The number of fused-ring (bicyclic) bond motifs is 2. The predicted molar refractivity (Wildman–Crippen MR) is 183 cm³/mol. The molecule has 0 fully saturated rings. The summed E-state index contributed by atoms with van der Waals surface area (Å²) in [6.07, 6.45) is 10.3. The molecule has 1 atom stereocenters. The molecule has 4 heteroatoms. The molecule has 3 nitrogen and oxygen atoms in total. The summed E-state index contributed by atoms with van der Waals surface area (Å²) in [7, 11) is 0. The molecule has 1 N–H and O–H groups in total. The smallest absolute Gasteiger partial charge is 0.106 e. The van der Waals surface area contributed by atoms with E-state index in [9.17, 15) is 5.11 Å². The molecule has 0 saturated carbocycles. The maximum atomic E-state index is 11.3. The molecule has 7 rings (SSSR count). The maximum absolute atomic E-state index is 11.3. The number of allylic oxidation sites excluding steroid dienone is 4. The first kappa shape index (κ1) is 26.7. The molecule has 3 aliphatic rings. The molecule has 0 amide bonds. The van der Waals surface area contributed by atoms with Crippen LogP contribution < -0.4 is 9.80 Å². The molecular weight excluding hydrogens is 627 g/mol. The molecule has 42 heavy (non-hydrogen) atoms. The minimum Gasteiger partial charge on any atom is -0.384 e. The van der Waals surface area contributed by atoms with Crippen LogP contribution in [0.5, 0.6) is 0 Å². The van der Waals surface area contributed by atoms with Gasteiger partial charge in [-0.1, -0.05) is 103 Å². The van der Waals surface area contributed by atoms with E-state index >= 15 is 0 Å². The summed E-state index contributed by atoms with van der Waals surface area (Å²) in [6.45, 7) is 2.52. The van der Waals surface area contributed by atoms with Gasteiger partial charge in [0.15, 0.2) is 0 Å². The maximum Gasteiger partial charge on any atom is 0.106 e. The van der Waals surface area contributed by atoms with E-state index in [0.29, 0.717) is 0 Å². The second-order valence-electron chi connectivity index (χ2n) is 10.9. The lowest BCUT2D eigenvalue weighted by Crippen LogP contribution is -2.27. The third-order valence-corrected chi connectivity index (χ3v) is 9.42. The number of aliphatic hydroxyl groups excluding tert-OH is 1. The van der Waals surface area contributed by atoms with Crippen LogP contribution in [0.4, 0.5) is 11.4 Å². The van der Waals surface area contributed by atoms with E-state index in [-0.39, 0.29) is 0 Å². The lowest BCUT2D eigenvalue weighted by molar-refractivity contribution is 0.241. The normalized spacial score (nSPS) is 19.5. The van der Waals surface area contributed by atoms with E-state index in [2.05, 4.69) is 172 Å². The minimum absolute atomic E-state index is 0.609. The SMILES string of the molecule is OC1C(=CC2=CCN(Cc3ccccc3)c3ccccc32)C(I)=C1C=C1C=CN(Cc2ccccc2)c2ccccc21. The molecule has 4 aromatic carbocycles. The molecule has 0 spiro atoms. The molecule has 0 radical (unpaired) electrons. The number of para-hydroxylation sites is 2. The monoisotopic (exact) mass is 658 g/mol. The molecule has 0 bridgehead atoms. The Hall–Kier alpha value is -4.13. The molecule has 1 aliphatic carbocycles. The molecule has 0 saturated heterocycles. The van der Waals surface area contributed by atoms with Gasteiger partial charge >= 0.3 is 0 Å². The third kappa shape index (κ3) is 5.17. The summed E-state index contributed by atoms with van der Waals surface area (Å²) in [4.78, 5) is 4.70. The number of benzene rings is 4. The average Bonchev–Trinajstić information content (AvgIpc) is 3.05. The number of hydrogen-bond acceptors (Lipinski definition) is 3. The number of hydrogen-bond donors (Lipinski definition) is 1. The molecule has 2 aliphatic heterocycles. The summed E-state index contributed by atoms with van der Waals surface area (Å²) in [6, 6.07) is 38.3. The largest absolute Gasteiger partial charge is 0.384 e. The Morgan fingerprint density at radius 3 is 2.05 bits per heavy atom. The first-order valence-electron chi connectivity index (χ1n) is 14.3. The molecule has 0 aromatic heterocycles. The molecule has 206 valence electrons. The highest BCUT2D eigenvalue weighted by Gasteiger charge is 2.32. The molecule has 2 heterocycles. The number of anilines is 2. The topological polar surface area (TPSA) is 26.7 Å². The molecule has 1 unspecified atom stereocenters. The van der Waals surface area contributed by atoms with Crippen molar-refractivity contribution in [2.45, 2.75) is 19.2 Å².